The van der Waals surface area contributed by atoms with Crippen LogP contribution in [0.25, 0.3) is 32.7 Å². The average Bonchev–Trinajstić information content (AvgIpc) is 3.36. The molecule has 0 bridgehead atoms. The SMILES string of the molecule is O=C1OC(=O)C2C(c3ccc4cc5ccccc5cc4c3C3=CC=CC4C(=O)OC(=O)C34)=CC=CC12. The Hall–Kier alpha value is -4.58. The summed E-state index contributed by atoms with van der Waals surface area (Å²) < 4.78 is 9.99. The van der Waals surface area contributed by atoms with E-state index in [1.54, 1.807) is 24.3 Å². The number of allylic oxidation sites excluding steroid dienone is 4. The molecule has 4 unspecified atom stereocenters. The van der Waals surface area contributed by atoms with Gasteiger partial charge < -0.3 is 9.47 Å². The molecule has 174 valence electrons. The van der Waals surface area contributed by atoms with Gasteiger partial charge in [-0.3, -0.25) is 19.2 Å². The van der Waals surface area contributed by atoms with Crippen LogP contribution in [-0.4, -0.2) is 23.9 Å². The molecule has 0 saturated carbocycles. The molecule has 4 atom stereocenters. The van der Waals surface area contributed by atoms with Crippen molar-refractivity contribution in [1.82, 2.24) is 0 Å². The number of carbonyl (C=O) groups is 4. The van der Waals surface area contributed by atoms with Crippen LogP contribution < -0.4 is 0 Å². The minimum Gasteiger partial charge on any atom is -0.392 e. The third kappa shape index (κ3) is 2.84. The quantitative estimate of drug-likeness (QED) is 0.308. The molecular weight excluding hydrogens is 456 g/mol. The van der Waals surface area contributed by atoms with E-state index in [4.69, 9.17) is 9.47 Å². The summed E-state index contributed by atoms with van der Waals surface area (Å²) >= 11 is 0. The molecular formula is C30H18O6. The van der Waals surface area contributed by atoms with Gasteiger partial charge in [0, 0.05) is 0 Å². The van der Waals surface area contributed by atoms with Crippen LogP contribution in [0.5, 0.6) is 0 Å². The lowest BCUT2D eigenvalue weighted by Crippen LogP contribution is -2.23. The molecule has 0 amide bonds. The number of benzene rings is 3. The zero-order chi connectivity index (χ0) is 24.6. The van der Waals surface area contributed by atoms with Crippen LogP contribution in [0.4, 0.5) is 0 Å². The maximum atomic E-state index is 12.9. The van der Waals surface area contributed by atoms with E-state index in [2.05, 4.69) is 12.1 Å². The number of rotatable bonds is 2. The van der Waals surface area contributed by atoms with E-state index in [1.165, 1.54) is 0 Å². The molecule has 0 N–H and O–H groups in total. The highest BCUT2D eigenvalue weighted by Crippen LogP contribution is 2.48. The van der Waals surface area contributed by atoms with Crippen molar-refractivity contribution in [3.63, 3.8) is 0 Å². The number of esters is 4. The lowest BCUT2D eigenvalue weighted by Gasteiger charge is -2.26. The Bertz CT molecular complexity index is 1680. The summed E-state index contributed by atoms with van der Waals surface area (Å²) in [6.45, 7) is 0. The molecule has 7 rings (SSSR count). The van der Waals surface area contributed by atoms with Gasteiger partial charge in [0.15, 0.2) is 0 Å². The van der Waals surface area contributed by atoms with Crippen LogP contribution in [0.3, 0.4) is 0 Å². The van der Waals surface area contributed by atoms with Gasteiger partial charge in [0.05, 0.1) is 23.7 Å². The fourth-order valence-electron chi connectivity index (χ4n) is 5.87. The van der Waals surface area contributed by atoms with E-state index in [0.717, 1.165) is 32.7 Å². The van der Waals surface area contributed by atoms with Crippen LogP contribution in [-0.2, 0) is 28.7 Å². The van der Waals surface area contributed by atoms with E-state index in [0.29, 0.717) is 11.1 Å². The molecule has 2 aliphatic heterocycles. The highest BCUT2D eigenvalue weighted by molar-refractivity contribution is 6.13. The van der Waals surface area contributed by atoms with E-state index in [-0.39, 0.29) is 0 Å². The predicted octanol–water partition coefficient (Wildman–Crippen LogP) is 4.53. The molecule has 0 spiro atoms. The highest BCUT2D eigenvalue weighted by Gasteiger charge is 2.49. The molecule has 36 heavy (non-hydrogen) atoms. The second kappa shape index (κ2) is 7.46. The van der Waals surface area contributed by atoms with Crippen molar-refractivity contribution in [2.24, 2.45) is 23.7 Å². The third-order valence-electron chi connectivity index (χ3n) is 7.52. The number of hydrogen-bond acceptors (Lipinski definition) is 6. The first kappa shape index (κ1) is 20.8. The van der Waals surface area contributed by atoms with Crippen molar-refractivity contribution < 1.29 is 28.7 Å². The van der Waals surface area contributed by atoms with E-state index >= 15 is 0 Å². The maximum Gasteiger partial charge on any atom is 0.322 e. The van der Waals surface area contributed by atoms with Gasteiger partial charge in [-0.15, -0.1) is 0 Å². The molecule has 2 aliphatic carbocycles. The highest BCUT2D eigenvalue weighted by atomic mass is 16.6. The van der Waals surface area contributed by atoms with Crippen LogP contribution in [0.15, 0.2) is 85.0 Å². The molecule has 2 fully saturated rings. The summed E-state index contributed by atoms with van der Waals surface area (Å²) in [5, 5.41) is 3.91. The molecule has 0 radical (unpaired) electrons. The van der Waals surface area contributed by atoms with Crippen molar-refractivity contribution >= 4 is 56.6 Å². The standard InChI is InChI=1S/C30H18O6/c31-27-21-9-3-7-18(25(21)29(33)35-27)19-12-11-17-13-15-5-1-2-6-16(15)14-23(17)24(19)20-8-4-10-22-26(20)30(34)36-28(22)32/h1-14,21-22,25-26H. The first-order chi connectivity index (χ1) is 17.5. The monoisotopic (exact) mass is 474 g/mol. The van der Waals surface area contributed by atoms with Gasteiger partial charge in [0.1, 0.15) is 0 Å². The van der Waals surface area contributed by atoms with Crippen LogP contribution in [0, 0.1) is 23.7 Å². The second-order valence-electron chi connectivity index (χ2n) is 9.41. The van der Waals surface area contributed by atoms with Crippen LogP contribution in [0.1, 0.15) is 11.1 Å². The first-order valence-electron chi connectivity index (χ1n) is 11.8. The number of fused-ring (bicyclic) bond motifs is 4. The Morgan fingerprint density at radius 2 is 1.17 bits per heavy atom. The van der Waals surface area contributed by atoms with Gasteiger partial charge in [-0.05, 0) is 56.0 Å². The Morgan fingerprint density at radius 3 is 1.83 bits per heavy atom. The Kier molecular flexibility index (Phi) is 4.30. The normalized spacial score (nSPS) is 26.6. The summed E-state index contributed by atoms with van der Waals surface area (Å²) in [4.78, 5) is 50.3. The largest absolute Gasteiger partial charge is 0.392 e. The van der Waals surface area contributed by atoms with Gasteiger partial charge in [-0.1, -0.05) is 72.9 Å². The number of cyclic esters (lactones) is 4. The van der Waals surface area contributed by atoms with Crippen LogP contribution in [0.2, 0.25) is 0 Å². The minimum atomic E-state index is -0.786. The summed E-state index contributed by atoms with van der Waals surface area (Å²) in [6.07, 6.45) is 10.6. The maximum absolute atomic E-state index is 12.9. The fraction of sp³-hybridized carbons (Fsp3) is 0.133. The Morgan fingerprint density at radius 1 is 0.583 bits per heavy atom. The molecule has 3 aromatic carbocycles. The summed E-state index contributed by atoms with van der Waals surface area (Å²) in [6, 6.07) is 16.0. The van der Waals surface area contributed by atoms with Crippen molar-refractivity contribution in [2.45, 2.75) is 0 Å². The van der Waals surface area contributed by atoms with E-state index in [1.807, 2.05) is 48.6 Å². The van der Waals surface area contributed by atoms with Crippen molar-refractivity contribution in [2.75, 3.05) is 0 Å². The van der Waals surface area contributed by atoms with Gasteiger partial charge >= 0.3 is 23.9 Å². The molecule has 6 heteroatoms. The minimum absolute atomic E-state index is 0.565. The summed E-state index contributed by atoms with van der Waals surface area (Å²) in [7, 11) is 0. The molecule has 2 saturated heterocycles. The Balaban J connectivity index is 1.54. The molecule has 3 aromatic rings. The van der Waals surface area contributed by atoms with E-state index < -0.39 is 47.5 Å². The van der Waals surface area contributed by atoms with Crippen molar-refractivity contribution in [1.29, 1.82) is 0 Å². The molecule has 6 nitrogen and oxygen atoms in total. The predicted molar refractivity (Wildman–Crippen MR) is 132 cm³/mol. The zero-order valence-corrected chi connectivity index (χ0v) is 18.8. The van der Waals surface area contributed by atoms with Gasteiger partial charge in [-0.25, -0.2) is 0 Å². The lowest BCUT2D eigenvalue weighted by atomic mass is 9.73. The Labute approximate surface area is 205 Å². The average molecular weight is 474 g/mol. The van der Waals surface area contributed by atoms with Crippen molar-refractivity contribution in [3.8, 4) is 0 Å². The second-order valence-corrected chi connectivity index (χ2v) is 9.41. The fourth-order valence-corrected chi connectivity index (χ4v) is 5.87. The van der Waals surface area contributed by atoms with E-state index in [9.17, 15) is 19.2 Å². The number of ether oxygens (including phenoxy) is 2. The smallest absolute Gasteiger partial charge is 0.322 e. The van der Waals surface area contributed by atoms with Gasteiger partial charge in [0.25, 0.3) is 0 Å². The topological polar surface area (TPSA) is 86.7 Å². The molecule has 4 aliphatic rings. The lowest BCUT2D eigenvalue weighted by molar-refractivity contribution is -0.154. The molecule has 2 heterocycles. The first-order valence-corrected chi connectivity index (χ1v) is 11.8. The number of hydrogen-bond donors (Lipinski definition) is 0. The summed E-state index contributed by atoms with van der Waals surface area (Å²) in [5.41, 5.74) is 2.76. The molecule has 0 aromatic heterocycles. The van der Waals surface area contributed by atoms with Crippen LogP contribution >= 0.6 is 0 Å². The number of carbonyl (C=O) groups excluding carboxylic acids is 4. The third-order valence-corrected chi connectivity index (χ3v) is 7.52. The zero-order valence-electron chi connectivity index (χ0n) is 18.8. The van der Waals surface area contributed by atoms with Gasteiger partial charge in [-0.2, -0.15) is 0 Å². The van der Waals surface area contributed by atoms with Gasteiger partial charge in [0.2, 0.25) is 0 Å². The van der Waals surface area contributed by atoms with Crippen molar-refractivity contribution in [3.05, 3.63) is 96.1 Å². The summed E-state index contributed by atoms with van der Waals surface area (Å²) in [5.74, 6) is -5.26.